The Bertz CT molecular complexity index is 859. The van der Waals surface area contributed by atoms with E-state index in [1.54, 1.807) is 18.2 Å². The van der Waals surface area contributed by atoms with Crippen molar-refractivity contribution in [1.82, 2.24) is 10.2 Å². The van der Waals surface area contributed by atoms with Crippen molar-refractivity contribution in [3.8, 4) is 5.75 Å². The molecule has 1 saturated heterocycles. The molecule has 0 saturated carbocycles. The van der Waals surface area contributed by atoms with Gasteiger partial charge in [0.2, 0.25) is 0 Å². The molecule has 6 nitrogen and oxygen atoms in total. The summed E-state index contributed by atoms with van der Waals surface area (Å²) < 4.78 is 10.8. The van der Waals surface area contributed by atoms with Gasteiger partial charge in [0.25, 0.3) is 5.91 Å². The van der Waals surface area contributed by atoms with Gasteiger partial charge in [0.15, 0.2) is 11.7 Å². The predicted molar refractivity (Wildman–Crippen MR) is 119 cm³/mol. The van der Waals surface area contributed by atoms with Crippen LogP contribution in [0.2, 0.25) is 10.0 Å². The lowest BCUT2D eigenvalue weighted by Gasteiger charge is -2.26. The number of thiocarbonyl (C=S) groups is 1. The molecule has 1 aliphatic heterocycles. The van der Waals surface area contributed by atoms with Crippen LogP contribution in [0.15, 0.2) is 42.5 Å². The summed E-state index contributed by atoms with van der Waals surface area (Å²) >= 11 is 17.0. The molecule has 154 valence electrons. The summed E-state index contributed by atoms with van der Waals surface area (Å²) in [4.78, 5) is 14.4. The van der Waals surface area contributed by atoms with Crippen molar-refractivity contribution in [2.45, 2.75) is 6.54 Å². The highest BCUT2D eigenvalue weighted by Crippen LogP contribution is 2.27. The molecule has 0 atom stereocenters. The van der Waals surface area contributed by atoms with E-state index in [9.17, 15) is 4.79 Å². The van der Waals surface area contributed by atoms with E-state index < -0.39 is 5.91 Å². The van der Waals surface area contributed by atoms with Crippen LogP contribution >= 0.6 is 35.4 Å². The first-order valence-corrected chi connectivity index (χ1v) is 10.2. The number of nitrogens with one attached hydrogen (secondary N) is 2. The Morgan fingerprint density at radius 1 is 1.14 bits per heavy atom. The number of nitrogens with zero attached hydrogens (tertiary/aromatic N) is 1. The highest BCUT2D eigenvalue weighted by molar-refractivity contribution is 7.80. The van der Waals surface area contributed by atoms with Crippen molar-refractivity contribution in [2.75, 3.05) is 38.2 Å². The number of carbonyl (C=O) groups is 1. The highest BCUT2D eigenvalue weighted by Gasteiger charge is 2.11. The van der Waals surface area contributed by atoms with Gasteiger partial charge in [-0.1, -0.05) is 35.3 Å². The molecule has 0 radical (unpaired) electrons. The van der Waals surface area contributed by atoms with E-state index in [2.05, 4.69) is 15.5 Å². The SMILES string of the molecule is O=C(COc1ccc(Cl)cc1Cl)NC(=S)Nc1ccc(CN2CCOCC2)cc1. The van der Waals surface area contributed by atoms with Gasteiger partial charge in [0, 0.05) is 30.3 Å². The number of halogens is 2. The Kier molecular flexibility index (Phi) is 8.09. The Morgan fingerprint density at radius 3 is 2.55 bits per heavy atom. The van der Waals surface area contributed by atoms with E-state index in [1.165, 1.54) is 5.56 Å². The van der Waals surface area contributed by atoms with Gasteiger partial charge in [-0.3, -0.25) is 15.0 Å². The van der Waals surface area contributed by atoms with E-state index in [0.29, 0.717) is 15.8 Å². The van der Waals surface area contributed by atoms with E-state index in [1.807, 2.05) is 24.3 Å². The molecule has 1 amide bonds. The zero-order valence-corrected chi connectivity index (χ0v) is 17.9. The monoisotopic (exact) mass is 453 g/mol. The number of hydrogen-bond donors (Lipinski definition) is 2. The lowest BCUT2D eigenvalue weighted by Crippen LogP contribution is -2.37. The average Bonchev–Trinajstić information content (AvgIpc) is 2.69. The fourth-order valence-electron chi connectivity index (χ4n) is 2.77. The van der Waals surface area contributed by atoms with Crippen LogP contribution in [0.4, 0.5) is 5.69 Å². The maximum Gasteiger partial charge on any atom is 0.264 e. The summed E-state index contributed by atoms with van der Waals surface area (Å²) in [6, 6.07) is 12.7. The smallest absolute Gasteiger partial charge is 0.264 e. The van der Waals surface area contributed by atoms with Crippen LogP contribution in [0, 0.1) is 0 Å². The molecule has 9 heteroatoms. The van der Waals surface area contributed by atoms with Crippen LogP contribution in [-0.4, -0.2) is 48.8 Å². The summed E-state index contributed by atoms with van der Waals surface area (Å²) in [6.45, 7) is 4.11. The number of morpholine rings is 1. The molecule has 0 bridgehead atoms. The Hall–Kier alpha value is -1.90. The van der Waals surface area contributed by atoms with Gasteiger partial charge in [-0.25, -0.2) is 0 Å². The molecule has 1 fully saturated rings. The quantitative estimate of drug-likeness (QED) is 0.649. The molecule has 1 heterocycles. The van der Waals surface area contributed by atoms with E-state index in [4.69, 9.17) is 44.9 Å². The van der Waals surface area contributed by atoms with Gasteiger partial charge in [-0.2, -0.15) is 0 Å². The minimum absolute atomic E-state index is 0.196. The van der Waals surface area contributed by atoms with Gasteiger partial charge in [0.05, 0.1) is 18.2 Å². The van der Waals surface area contributed by atoms with Crippen LogP contribution in [0.5, 0.6) is 5.75 Å². The molecule has 0 aliphatic carbocycles. The molecule has 1 aliphatic rings. The zero-order chi connectivity index (χ0) is 20.6. The van der Waals surface area contributed by atoms with Crippen molar-refractivity contribution in [3.05, 3.63) is 58.1 Å². The van der Waals surface area contributed by atoms with Crippen molar-refractivity contribution in [1.29, 1.82) is 0 Å². The molecule has 3 rings (SSSR count). The van der Waals surface area contributed by atoms with Crippen LogP contribution < -0.4 is 15.4 Å². The molecule has 0 aromatic heterocycles. The predicted octanol–water partition coefficient (Wildman–Crippen LogP) is 3.72. The molecular formula is C20H21Cl2N3O3S. The average molecular weight is 454 g/mol. The molecule has 2 aromatic rings. The summed E-state index contributed by atoms with van der Waals surface area (Å²) in [6.07, 6.45) is 0. The van der Waals surface area contributed by atoms with Crippen molar-refractivity contribution < 1.29 is 14.3 Å². The third kappa shape index (κ3) is 7.13. The first-order valence-electron chi connectivity index (χ1n) is 9.07. The summed E-state index contributed by atoms with van der Waals surface area (Å²) in [5, 5.41) is 6.59. The first kappa shape index (κ1) is 21.8. The summed E-state index contributed by atoms with van der Waals surface area (Å²) in [7, 11) is 0. The topological polar surface area (TPSA) is 62.8 Å². The zero-order valence-electron chi connectivity index (χ0n) is 15.6. The number of rotatable bonds is 6. The standard InChI is InChI=1S/C20H21Cl2N3O3S/c21-15-3-6-18(17(22)11-15)28-13-19(26)24-20(29)23-16-4-1-14(2-5-16)12-25-7-9-27-10-8-25/h1-6,11H,7-10,12-13H2,(H2,23,24,26,29). The fourth-order valence-corrected chi connectivity index (χ4v) is 3.47. The molecule has 2 N–H and O–H groups in total. The second-order valence-electron chi connectivity index (χ2n) is 6.45. The minimum Gasteiger partial charge on any atom is -0.482 e. The number of benzene rings is 2. The van der Waals surface area contributed by atoms with Gasteiger partial charge >= 0.3 is 0 Å². The Labute approximate surface area is 185 Å². The van der Waals surface area contributed by atoms with Crippen LogP contribution in [0.25, 0.3) is 0 Å². The largest absolute Gasteiger partial charge is 0.482 e. The number of carbonyl (C=O) groups excluding carboxylic acids is 1. The van der Waals surface area contributed by atoms with Gasteiger partial charge < -0.3 is 14.8 Å². The van der Waals surface area contributed by atoms with Gasteiger partial charge in [0.1, 0.15) is 5.75 Å². The number of ether oxygens (including phenoxy) is 2. The van der Waals surface area contributed by atoms with E-state index in [0.717, 1.165) is 38.5 Å². The summed E-state index contributed by atoms with van der Waals surface area (Å²) in [5.74, 6) is -0.0154. The fraction of sp³-hybridized carbons (Fsp3) is 0.300. The molecular weight excluding hydrogens is 433 g/mol. The highest BCUT2D eigenvalue weighted by atomic mass is 35.5. The van der Waals surface area contributed by atoms with E-state index in [-0.39, 0.29) is 11.7 Å². The van der Waals surface area contributed by atoms with Crippen molar-refractivity contribution in [2.24, 2.45) is 0 Å². The normalized spacial score (nSPS) is 14.3. The number of hydrogen-bond acceptors (Lipinski definition) is 5. The van der Waals surface area contributed by atoms with Crippen LogP contribution in [0.1, 0.15) is 5.56 Å². The lowest BCUT2D eigenvalue weighted by atomic mass is 10.2. The van der Waals surface area contributed by atoms with Gasteiger partial charge in [-0.15, -0.1) is 0 Å². The third-order valence-corrected chi connectivity index (χ3v) is 4.96. The summed E-state index contributed by atoms with van der Waals surface area (Å²) in [5.41, 5.74) is 2.00. The maximum atomic E-state index is 12.0. The van der Waals surface area contributed by atoms with Crippen molar-refractivity contribution >= 4 is 52.1 Å². The molecule has 2 aromatic carbocycles. The van der Waals surface area contributed by atoms with Crippen LogP contribution in [0.3, 0.4) is 0 Å². The second-order valence-corrected chi connectivity index (χ2v) is 7.70. The van der Waals surface area contributed by atoms with E-state index >= 15 is 0 Å². The third-order valence-electron chi connectivity index (χ3n) is 4.23. The second kappa shape index (κ2) is 10.8. The molecule has 0 spiro atoms. The maximum absolute atomic E-state index is 12.0. The Balaban J connectivity index is 1.42. The first-order chi connectivity index (χ1) is 14.0. The Morgan fingerprint density at radius 2 is 1.86 bits per heavy atom. The van der Waals surface area contributed by atoms with Crippen LogP contribution in [-0.2, 0) is 16.1 Å². The molecule has 29 heavy (non-hydrogen) atoms. The number of anilines is 1. The molecule has 0 unspecified atom stereocenters. The minimum atomic E-state index is -0.391. The lowest BCUT2D eigenvalue weighted by molar-refractivity contribution is -0.121. The number of amides is 1. The van der Waals surface area contributed by atoms with Gasteiger partial charge in [-0.05, 0) is 48.1 Å². The van der Waals surface area contributed by atoms with Crippen molar-refractivity contribution in [3.63, 3.8) is 0 Å².